The summed E-state index contributed by atoms with van der Waals surface area (Å²) in [5.74, 6) is 0.991. The number of likely N-dealkylation sites (tertiary alicyclic amines) is 1. The molecular weight excluding hydrogens is 290 g/mol. The van der Waals surface area contributed by atoms with Gasteiger partial charge in [0.1, 0.15) is 24.5 Å². The molecule has 1 N–H and O–H groups in total. The van der Waals surface area contributed by atoms with E-state index in [0.29, 0.717) is 6.10 Å². The Morgan fingerprint density at radius 1 is 1.17 bits per heavy atom. The molecule has 0 amide bonds. The molecule has 0 unspecified atom stereocenters. The molecule has 0 spiro atoms. The SMILES string of the molecule is c1cc(OC2CCN(CCn3cncn3)CC2)c2cc[nH]c2c1. The molecule has 4 rings (SSSR count). The zero-order chi connectivity index (χ0) is 15.5. The molecule has 1 aromatic carbocycles. The lowest BCUT2D eigenvalue weighted by atomic mass is 10.1. The number of piperidine rings is 1. The summed E-state index contributed by atoms with van der Waals surface area (Å²) >= 11 is 0. The number of aromatic amines is 1. The third kappa shape index (κ3) is 3.22. The van der Waals surface area contributed by atoms with Gasteiger partial charge in [0.05, 0.1) is 6.54 Å². The highest BCUT2D eigenvalue weighted by Gasteiger charge is 2.21. The molecule has 0 atom stereocenters. The summed E-state index contributed by atoms with van der Waals surface area (Å²) in [6.45, 7) is 4.06. The summed E-state index contributed by atoms with van der Waals surface area (Å²) in [6, 6.07) is 8.27. The first-order valence-electron chi connectivity index (χ1n) is 8.16. The molecule has 120 valence electrons. The minimum atomic E-state index is 0.304. The zero-order valence-electron chi connectivity index (χ0n) is 13.1. The van der Waals surface area contributed by atoms with E-state index >= 15 is 0 Å². The first-order chi connectivity index (χ1) is 11.4. The first kappa shape index (κ1) is 14.3. The quantitative estimate of drug-likeness (QED) is 0.785. The van der Waals surface area contributed by atoms with Gasteiger partial charge < -0.3 is 14.6 Å². The number of benzene rings is 1. The second-order valence-electron chi connectivity index (χ2n) is 6.01. The fourth-order valence-corrected chi connectivity index (χ4v) is 3.18. The van der Waals surface area contributed by atoms with E-state index in [9.17, 15) is 0 Å². The van der Waals surface area contributed by atoms with Crippen LogP contribution in [0.1, 0.15) is 12.8 Å². The van der Waals surface area contributed by atoms with Gasteiger partial charge in [-0.25, -0.2) is 4.98 Å². The molecule has 0 saturated carbocycles. The second-order valence-corrected chi connectivity index (χ2v) is 6.01. The first-order valence-corrected chi connectivity index (χ1v) is 8.16. The maximum absolute atomic E-state index is 6.25. The number of rotatable bonds is 5. The Balaban J connectivity index is 1.30. The van der Waals surface area contributed by atoms with Crippen molar-refractivity contribution in [2.45, 2.75) is 25.5 Å². The van der Waals surface area contributed by atoms with E-state index in [-0.39, 0.29) is 0 Å². The second kappa shape index (κ2) is 6.42. The Bertz CT molecular complexity index is 743. The Morgan fingerprint density at radius 3 is 2.91 bits per heavy atom. The molecule has 6 heteroatoms. The van der Waals surface area contributed by atoms with Gasteiger partial charge in [-0.3, -0.25) is 4.68 Å². The minimum Gasteiger partial charge on any atom is -0.490 e. The van der Waals surface area contributed by atoms with E-state index in [1.54, 1.807) is 12.7 Å². The summed E-state index contributed by atoms with van der Waals surface area (Å²) < 4.78 is 8.14. The lowest BCUT2D eigenvalue weighted by molar-refractivity contribution is 0.0991. The Kier molecular flexibility index (Phi) is 3.98. The van der Waals surface area contributed by atoms with Crippen LogP contribution in [0.5, 0.6) is 5.75 Å². The lowest BCUT2D eigenvalue weighted by Crippen LogP contribution is -2.39. The number of aromatic nitrogens is 4. The van der Waals surface area contributed by atoms with Crippen molar-refractivity contribution in [1.82, 2.24) is 24.6 Å². The van der Waals surface area contributed by atoms with Crippen molar-refractivity contribution >= 4 is 10.9 Å². The van der Waals surface area contributed by atoms with Crippen molar-refractivity contribution in [1.29, 1.82) is 0 Å². The number of ether oxygens (including phenoxy) is 1. The molecule has 23 heavy (non-hydrogen) atoms. The van der Waals surface area contributed by atoms with Crippen LogP contribution in [0, 0.1) is 0 Å². The minimum absolute atomic E-state index is 0.304. The summed E-state index contributed by atoms with van der Waals surface area (Å²) in [7, 11) is 0. The van der Waals surface area contributed by atoms with Gasteiger partial charge in [0.25, 0.3) is 0 Å². The van der Waals surface area contributed by atoms with E-state index < -0.39 is 0 Å². The number of hydrogen-bond donors (Lipinski definition) is 1. The van der Waals surface area contributed by atoms with Crippen LogP contribution in [-0.4, -0.2) is 50.4 Å². The van der Waals surface area contributed by atoms with E-state index in [2.05, 4.69) is 38.2 Å². The summed E-state index contributed by atoms with van der Waals surface area (Å²) in [6.07, 6.45) is 7.76. The number of nitrogens with one attached hydrogen (secondary N) is 1. The largest absolute Gasteiger partial charge is 0.490 e. The highest BCUT2D eigenvalue weighted by molar-refractivity contribution is 5.85. The topological polar surface area (TPSA) is 59.0 Å². The van der Waals surface area contributed by atoms with Gasteiger partial charge in [0, 0.05) is 36.7 Å². The lowest BCUT2D eigenvalue weighted by Gasteiger charge is -2.32. The van der Waals surface area contributed by atoms with Crippen LogP contribution in [0.3, 0.4) is 0 Å². The predicted octanol–water partition coefficient (Wildman–Crippen LogP) is 2.30. The van der Waals surface area contributed by atoms with Crippen LogP contribution in [0.2, 0.25) is 0 Å². The maximum atomic E-state index is 6.25. The Morgan fingerprint density at radius 2 is 2.09 bits per heavy atom. The van der Waals surface area contributed by atoms with Crippen LogP contribution in [0.15, 0.2) is 43.1 Å². The normalized spacial score (nSPS) is 16.9. The molecule has 1 aliphatic heterocycles. The van der Waals surface area contributed by atoms with Gasteiger partial charge in [0.2, 0.25) is 0 Å². The van der Waals surface area contributed by atoms with Crippen LogP contribution in [0.4, 0.5) is 0 Å². The zero-order valence-corrected chi connectivity index (χ0v) is 13.1. The fraction of sp³-hybridized carbons (Fsp3) is 0.412. The van der Waals surface area contributed by atoms with Gasteiger partial charge >= 0.3 is 0 Å². The van der Waals surface area contributed by atoms with E-state index in [4.69, 9.17) is 4.74 Å². The average Bonchev–Trinajstić information content (AvgIpc) is 3.26. The van der Waals surface area contributed by atoms with E-state index in [1.165, 1.54) is 5.39 Å². The van der Waals surface area contributed by atoms with Crippen LogP contribution >= 0.6 is 0 Å². The number of H-pyrrole nitrogens is 1. The molecule has 1 fully saturated rings. The van der Waals surface area contributed by atoms with E-state index in [1.807, 2.05) is 16.9 Å². The van der Waals surface area contributed by atoms with Crippen molar-refractivity contribution in [2.75, 3.05) is 19.6 Å². The Hall–Kier alpha value is -2.34. The molecule has 1 aliphatic rings. The molecule has 3 aromatic rings. The smallest absolute Gasteiger partial charge is 0.137 e. The summed E-state index contributed by atoms with van der Waals surface area (Å²) in [4.78, 5) is 9.68. The van der Waals surface area contributed by atoms with Gasteiger partial charge in [-0.1, -0.05) is 6.07 Å². The number of fused-ring (bicyclic) bond motifs is 1. The highest BCUT2D eigenvalue weighted by atomic mass is 16.5. The van der Waals surface area contributed by atoms with Crippen molar-refractivity contribution in [3.8, 4) is 5.75 Å². The monoisotopic (exact) mass is 311 g/mol. The van der Waals surface area contributed by atoms with Crippen LogP contribution < -0.4 is 4.74 Å². The highest BCUT2D eigenvalue weighted by Crippen LogP contribution is 2.27. The standard InChI is InChI=1S/C17H21N5O/c1-2-16-15(4-7-19-16)17(3-1)23-14-5-8-21(9-6-14)10-11-22-13-18-12-20-22/h1-4,7,12-14,19H,5-6,8-11H2. The van der Waals surface area contributed by atoms with Crippen molar-refractivity contribution < 1.29 is 4.74 Å². The van der Waals surface area contributed by atoms with Crippen LogP contribution in [-0.2, 0) is 6.54 Å². The molecule has 0 radical (unpaired) electrons. The van der Waals surface area contributed by atoms with Crippen molar-refractivity contribution in [3.05, 3.63) is 43.1 Å². The molecule has 2 aromatic heterocycles. The third-order valence-corrected chi connectivity index (χ3v) is 4.50. The Labute approximate surface area is 135 Å². The summed E-state index contributed by atoms with van der Waals surface area (Å²) in [5, 5.41) is 5.31. The van der Waals surface area contributed by atoms with Gasteiger partial charge in [-0.05, 0) is 31.0 Å². The van der Waals surface area contributed by atoms with Gasteiger partial charge in [-0.15, -0.1) is 0 Å². The molecule has 0 aliphatic carbocycles. The third-order valence-electron chi connectivity index (χ3n) is 4.50. The van der Waals surface area contributed by atoms with Gasteiger partial charge in [0.15, 0.2) is 0 Å². The fourth-order valence-electron chi connectivity index (χ4n) is 3.18. The molecule has 1 saturated heterocycles. The van der Waals surface area contributed by atoms with Crippen molar-refractivity contribution in [2.24, 2.45) is 0 Å². The van der Waals surface area contributed by atoms with Crippen molar-refractivity contribution in [3.63, 3.8) is 0 Å². The molecular formula is C17H21N5O. The van der Waals surface area contributed by atoms with Gasteiger partial charge in [-0.2, -0.15) is 5.10 Å². The maximum Gasteiger partial charge on any atom is 0.137 e. The molecule has 3 heterocycles. The van der Waals surface area contributed by atoms with E-state index in [0.717, 1.165) is 50.3 Å². The predicted molar refractivity (Wildman–Crippen MR) is 88.4 cm³/mol. The average molecular weight is 311 g/mol. The summed E-state index contributed by atoms with van der Waals surface area (Å²) in [5.41, 5.74) is 1.13. The molecule has 0 bridgehead atoms. The number of nitrogens with zero attached hydrogens (tertiary/aromatic N) is 4. The molecule has 6 nitrogen and oxygen atoms in total. The number of hydrogen-bond acceptors (Lipinski definition) is 4. The van der Waals surface area contributed by atoms with Crippen LogP contribution in [0.25, 0.3) is 10.9 Å².